The average molecular weight is 204 g/mol. The quantitative estimate of drug-likeness (QED) is 0.567. The van der Waals surface area contributed by atoms with Crippen molar-refractivity contribution in [1.29, 1.82) is 0 Å². The lowest BCUT2D eigenvalue weighted by molar-refractivity contribution is -0.131. The first kappa shape index (κ1) is 9.39. The van der Waals surface area contributed by atoms with Gasteiger partial charge in [-0.05, 0) is 19.1 Å². The number of benzene rings is 1. The van der Waals surface area contributed by atoms with Gasteiger partial charge < -0.3 is 5.11 Å². The largest absolute Gasteiger partial charge is 0.475 e. The summed E-state index contributed by atoms with van der Waals surface area (Å²) in [5, 5.41) is 15.9. The highest BCUT2D eigenvalue weighted by molar-refractivity contribution is 6.42. The predicted octanol–water partition coefficient (Wildman–Crippen LogP) is 1.14. The molecule has 0 radical (unpaired) electrons. The van der Waals surface area contributed by atoms with Crippen LogP contribution >= 0.6 is 0 Å². The Bertz CT molecular complexity index is 557. The van der Waals surface area contributed by atoms with Crippen molar-refractivity contribution in [2.75, 3.05) is 0 Å². The molecule has 0 spiro atoms. The molecule has 15 heavy (non-hydrogen) atoms. The van der Waals surface area contributed by atoms with Gasteiger partial charge in [0.05, 0.1) is 5.52 Å². The standard InChI is InChI=1S/C10H8N2O3/c1-5-8-6(9(13)10(14)15)3-2-4-7(8)12-11-5/h2-4H,1H3,(H,11,12)(H,14,15). The molecule has 5 nitrogen and oxygen atoms in total. The lowest BCUT2D eigenvalue weighted by atomic mass is 10.0. The number of carbonyl (C=O) groups is 2. The zero-order chi connectivity index (χ0) is 11.0. The Morgan fingerprint density at radius 2 is 2.13 bits per heavy atom. The van der Waals surface area contributed by atoms with E-state index in [0.29, 0.717) is 16.6 Å². The number of nitrogens with zero attached hydrogens (tertiary/aromatic N) is 1. The first-order chi connectivity index (χ1) is 7.11. The molecular formula is C10H8N2O3. The van der Waals surface area contributed by atoms with Gasteiger partial charge in [-0.1, -0.05) is 6.07 Å². The number of carbonyl (C=O) groups excluding carboxylic acids is 1. The van der Waals surface area contributed by atoms with Gasteiger partial charge in [0, 0.05) is 16.6 Å². The van der Waals surface area contributed by atoms with Gasteiger partial charge in [0.15, 0.2) is 0 Å². The normalized spacial score (nSPS) is 10.5. The second kappa shape index (κ2) is 3.20. The molecule has 0 aliphatic rings. The molecule has 76 valence electrons. The molecule has 0 amide bonds. The number of hydrogen-bond donors (Lipinski definition) is 2. The van der Waals surface area contributed by atoms with Gasteiger partial charge >= 0.3 is 5.97 Å². The third-order valence-corrected chi connectivity index (χ3v) is 2.20. The molecule has 2 rings (SSSR count). The van der Waals surface area contributed by atoms with Gasteiger partial charge in [-0.2, -0.15) is 5.10 Å². The van der Waals surface area contributed by atoms with Crippen LogP contribution in [0.1, 0.15) is 16.1 Å². The van der Waals surface area contributed by atoms with Crippen molar-refractivity contribution in [3.63, 3.8) is 0 Å². The molecule has 1 aromatic carbocycles. The van der Waals surface area contributed by atoms with Gasteiger partial charge in [-0.15, -0.1) is 0 Å². The Morgan fingerprint density at radius 3 is 2.80 bits per heavy atom. The molecule has 2 N–H and O–H groups in total. The van der Waals surface area contributed by atoms with Crippen LogP contribution in [-0.4, -0.2) is 27.1 Å². The van der Waals surface area contributed by atoms with Gasteiger partial charge in [0.2, 0.25) is 0 Å². The van der Waals surface area contributed by atoms with Gasteiger partial charge in [0.25, 0.3) is 5.78 Å². The summed E-state index contributed by atoms with van der Waals surface area (Å²) in [7, 11) is 0. The summed E-state index contributed by atoms with van der Waals surface area (Å²) in [5.41, 5.74) is 1.46. The van der Waals surface area contributed by atoms with Crippen molar-refractivity contribution < 1.29 is 14.7 Å². The molecule has 1 aromatic heterocycles. The molecule has 5 heteroatoms. The number of H-pyrrole nitrogens is 1. The van der Waals surface area contributed by atoms with Crippen molar-refractivity contribution >= 4 is 22.7 Å². The van der Waals surface area contributed by atoms with E-state index in [2.05, 4.69) is 10.2 Å². The maximum atomic E-state index is 11.4. The smallest absolute Gasteiger partial charge is 0.377 e. The molecular weight excluding hydrogens is 196 g/mol. The van der Waals surface area contributed by atoms with Crippen LogP contribution in [0.15, 0.2) is 18.2 Å². The first-order valence-corrected chi connectivity index (χ1v) is 4.32. The van der Waals surface area contributed by atoms with E-state index in [9.17, 15) is 9.59 Å². The van der Waals surface area contributed by atoms with E-state index in [0.717, 1.165) is 0 Å². The monoisotopic (exact) mass is 204 g/mol. The zero-order valence-electron chi connectivity index (χ0n) is 7.94. The lowest BCUT2D eigenvalue weighted by Gasteiger charge is -1.98. The van der Waals surface area contributed by atoms with E-state index < -0.39 is 11.8 Å². The highest BCUT2D eigenvalue weighted by Gasteiger charge is 2.19. The van der Waals surface area contributed by atoms with E-state index in [-0.39, 0.29) is 5.56 Å². The number of ketones is 1. The summed E-state index contributed by atoms with van der Waals surface area (Å²) >= 11 is 0. The van der Waals surface area contributed by atoms with Crippen molar-refractivity contribution in [3.05, 3.63) is 29.5 Å². The predicted molar refractivity (Wildman–Crippen MR) is 52.8 cm³/mol. The minimum Gasteiger partial charge on any atom is -0.475 e. The fourth-order valence-electron chi connectivity index (χ4n) is 1.53. The molecule has 0 saturated heterocycles. The summed E-state index contributed by atoms with van der Waals surface area (Å²) in [6.07, 6.45) is 0. The SMILES string of the molecule is Cc1[nH]nc2cccc(C(=O)C(=O)O)c12. The van der Waals surface area contributed by atoms with Crippen molar-refractivity contribution in [3.8, 4) is 0 Å². The zero-order valence-corrected chi connectivity index (χ0v) is 7.94. The highest BCUT2D eigenvalue weighted by Crippen LogP contribution is 2.20. The minimum atomic E-state index is -1.46. The Morgan fingerprint density at radius 1 is 1.40 bits per heavy atom. The van der Waals surface area contributed by atoms with Crippen LogP contribution in [0.5, 0.6) is 0 Å². The number of rotatable bonds is 2. The maximum absolute atomic E-state index is 11.4. The lowest BCUT2D eigenvalue weighted by Crippen LogP contribution is -2.13. The Hall–Kier alpha value is -2.17. The fraction of sp³-hybridized carbons (Fsp3) is 0.100. The van der Waals surface area contributed by atoms with Crippen LogP contribution in [0.4, 0.5) is 0 Å². The number of fused-ring (bicyclic) bond motifs is 1. The van der Waals surface area contributed by atoms with Crippen molar-refractivity contribution in [2.24, 2.45) is 0 Å². The van der Waals surface area contributed by atoms with E-state index in [4.69, 9.17) is 5.11 Å². The number of aryl methyl sites for hydroxylation is 1. The van der Waals surface area contributed by atoms with Gasteiger partial charge in [-0.3, -0.25) is 9.89 Å². The summed E-state index contributed by atoms with van der Waals surface area (Å²) in [4.78, 5) is 22.0. The van der Waals surface area contributed by atoms with Crippen LogP contribution in [0.25, 0.3) is 10.9 Å². The molecule has 0 bridgehead atoms. The number of aromatic amines is 1. The number of hydrogen-bond acceptors (Lipinski definition) is 3. The Kier molecular flexibility index (Phi) is 2.00. The summed E-state index contributed by atoms with van der Waals surface area (Å²) in [6.45, 7) is 1.74. The van der Waals surface area contributed by atoms with E-state index in [1.54, 1.807) is 19.1 Å². The third-order valence-electron chi connectivity index (χ3n) is 2.20. The number of carboxylic acid groups (broad SMARTS) is 1. The van der Waals surface area contributed by atoms with Crippen LogP contribution in [0.2, 0.25) is 0 Å². The topological polar surface area (TPSA) is 83.0 Å². The highest BCUT2D eigenvalue weighted by atomic mass is 16.4. The number of Topliss-reactive ketones (excluding diaryl/α,β-unsaturated/α-hetero) is 1. The van der Waals surface area contributed by atoms with Crippen molar-refractivity contribution in [2.45, 2.75) is 6.92 Å². The molecule has 0 aliphatic carbocycles. The Labute approximate surface area is 84.7 Å². The van der Waals surface area contributed by atoms with Crippen LogP contribution in [0.3, 0.4) is 0 Å². The molecule has 0 fully saturated rings. The number of nitrogens with one attached hydrogen (secondary N) is 1. The number of carboxylic acids is 1. The first-order valence-electron chi connectivity index (χ1n) is 4.32. The Balaban J connectivity index is 2.75. The molecule has 0 saturated carbocycles. The minimum absolute atomic E-state index is 0.172. The van der Waals surface area contributed by atoms with E-state index in [1.807, 2.05) is 0 Å². The van der Waals surface area contributed by atoms with Crippen molar-refractivity contribution in [1.82, 2.24) is 10.2 Å². The van der Waals surface area contributed by atoms with E-state index >= 15 is 0 Å². The second-order valence-corrected chi connectivity index (χ2v) is 3.18. The average Bonchev–Trinajstić information content (AvgIpc) is 2.59. The maximum Gasteiger partial charge on any atom is 0.377 e. The van der Waals surface area contributed by atoms with E-state index in [1.165, 1.54) is 6.07 Å². The molecule has 0 atom stereocenters. The second-order valence-electron chi connectivity index (χ2n) is 3.18. The molecule has 0 aliphatic heterocycles. The molecule has 1 heterocycles. The van der Waals surface area contributed by atoms with Crippen LogP contribution in [-0.2, 0) is 4.79 Å². The van der Waals surface area contributed by atoms with Gasteiger partial charge in [-0.25, -0.2) is 4.79 Å². The summed E-state index contributed by atoms with van der Waals surface area (Å²) in [6, 6.07) is 4.82. The fourth-order valence-corrected chi connectivity index (χ4v) is 1.53. The molecule has 2 aromatic rings. The molecule has 0 unspecified atom stereocenters. The summed E-state index contributed by atoms with van der Waals surface area (Å²) < 4.78 is 0. The third kappa shape index (κ3) is 1.38. The van der Waals surface area contributed by atoms with Gasteiger partial charge in [0.1, 0.15) is 0 Å². The number of aromatic nitrogens is 2. The summed E-state index contributed by atoms with van der Waals surface area (Å²) in [5.74, 6) is -2.37. The van der Waals surface area contributed by atoms with Crippen LogP contribution in [0, 0.1) is 6.92 Å². The number of aliphatic carboxylic acids is 1. The van der Waals surface area contributed by atoms with Crippen LogP contribution < -0.4 is 0 Å².